The fourth-order valence-corrected chi connectivity index (χ4v) is 4.37. The molecule has 0 spiro atoms. The van der Waals surface area contributed by atoms with Gasteiger partial charge in [0.15, 0.2) is 0 Å². The molecule has 2 fully saturated rings. The van der Waals surface area contributed by atoms with Gasteiger partial charge in [-0.2, -0.15) is 0 Å². The van der Waals surface area contributed by atoms with E-state index >= 15 is 0 Å². The van der Waals surface area contributed by atoms with Crippen LogP contribution < -0.4 is 5.32 Å². The lowest BCUT2D eigenvalue weighted by Crippen LogP contribution is -2.39. The highest BCUT2D eigenvalue weighted by atomic mass is 16.5. The standard InChI is InChI=1S/C17H25N3O/c1-11-18-15-6-3-2-5-13(15)17(19-11)20-14-7-4-8-16-12(14)9-10-21-16/h12,14,16H,2-10H2,1H3,(H,18,19,20). The summed E-state index contributed by atoms with van der Waals surface area (Å²) in [6, 6.07) is 0.534. The number of nitrogens with one attached hydrogen (secondary N) is 1. The topological polar surface area (TPSA) is 47.0 Å². The highest BCUT2D eigenvalue weighted by Gasteiger charge is 2.38. The van der Waals surface area contributed by atoms with Gasteiger partial charge in [0, 0.05) is 29.8 Å². The van der Waals surface area contributed by atoms with E-state index in [9.17, 15) is 0 Å². The van der Waals surface area contributed by atoms with E-state index in [4.69, 9.17) is 9.72 Å². The van der Waals surface area contributed by atoms with E-state index in [-0.39, 0.29) is 0 Å². The van der Waals surface area contributed by atoms with Gasteiger partial charge >= 0.3 is 0 Å². The number of hydrogen-bond donors (Lipinski definition) is 1. The van der Waals surface area contributed by atoms with Crippen molar-refractivity contribution >= 4 is 5.82 Å². The average Bonchev–Trinajstić information content (AvgIpc) is 2.96. The van der Waals surface area contributed by atoms with Gasteiger partial charge in [0.05, 0.1) is 6.10 Å². The monoisotopic (exact) mass is 287 g/mol. The van der Waals surface area contributed by atoms with Crippen LogP contribution in [-0.4, -0.2) is 28.7 Å². The Morgan fingerprint density at radius 1 is 1.05 bits per heavy atom. The Morgan fingerprint density at radius 3 is 2.90 bits per heavy atom. The number of nitrogens with zero attached hydrogens (tertiary/aromatic N) is 2. The number of ether oxygens (including phenoxy) is 1. The highest BCUT2D eigenvalue weighted by Crippen LogP contribution is 2.37. The first-order chi connectivity index (χ1) is 10.3. The molecule has 4 heteroatoms. The normalized spacial score (nSPS) is 31.6. The zero-order valence-corrected chi connectivity index (χ0v) is 12.9. The number of rotatable bonds is 2. The van der Waals surface area contributed by atoms with E-state index in [1.807, 2.05) is 6.92 Å². The molecule has 4 nitrogen and oxygen atoms in total. The number of hydrogen-bond acceptors (Lipinski definition) is 4. The number of fused-ring (bicyclic) bond motifs is 2. The van der Waals surface area contributed by atoms with Crippen LogP contribution in [0.3, 0.4) is 0 Å². The van der Waals surface area contributed by atoms with Crippen molar-refractivity contribution in [3.05, 3.63) is 17.1 Å². The molecule has 1 aromatic rings. The molecule has 1 aliphatic heterocycles. The molecule has 0 radical (unpaired) electrons. The van der Waals surface area contributed by atoms with Crippen LogP contribution >= 0.6 is 0 Å². The van der Waals surface area contributed by atoms with Crippen LogP contribution in [0.2, 0.25) is 0 Å². The Bertz CT molecular complexity index is 531. The third kappa shape index (κ3) is 2.54. The summed E-state index contributed by atoms with van der Waals surface area (Å²) in [6.07, 6.45) is 10.2. The molecule has 3 atom stereocenters. The molecular weight excluding hydrogens is 262 g/mol. The molecule has 3 unspecified atom stereocenters. The average molecular weight is 287 g/mol. The molecular formula is C17H25N3O. The van der Waals surface area contributed by atoms with E-state index in [1.54, 1.807) is 0 Å². The van der Waals surface area contributed by atoms with Crippen molar-refractivity contribution in [1.29, 1.82) is 0 Å². The molecule has 1 N–H and O–H groups in total. The molecule has 2 heterocycles. The number of aromatic nitrogens is 2. The Kier molecular flexibility index (Phi) is 3.57. The predicted molar refractivity (Wildman–Crippen MR) is 82.5 cm³/mol. The summed E-state index contributed by atoms with van der Waals surface area (Å²) in [4.78, 5) is 9.39. The largest absolute Gasteiger partial charge is 0.378 e. The van der Waals surface area contributed by atoms with E-state index < -0.39 is 0 Å². The van der Waals surface area contributed by atoms with Gasteiger partial charge in [-0.1, -0.05) is 0 Å². The Labute approximate surface area is 126 Å². The SMILES string of the molecule is Cc1nc2c(c(NC3CCCC4OCCC34)n1)CCCC2. The first-order valence-electron chi connectivity index (χ1n) is 8.56. The summed E-state index contributed by atoms with van der Waals surface area (Å²) in [5.74, 6) is 2.70. The summed E-state index contributed by atoms with van der Waals surface area (Å²) in [6.45, 7) is 2.96. The van der Waals surface area contributed by atoms with Crippen molar-refractivity contribution < 1.29 is 4.74 Å². The Morgan fingerprint density at radius 2 is 1.95 bits per heavy atom. The quantitative estimate of drug-likeness (QED) is 0.908. The van der Waals surface area contributed by atoms with Gasteiger partial charge in [0.25, 0.3) is 0 Å². The third-order valence-electron chi connectivity index (χ3n) is 5.40. The van der Waals surface area contributed by atoms with Crippen LogP contribution in [0, 0.1) is 12.8 Å². The van der Waals surface area contributed by atoms with E-state index in [0.29, 0.717) is 18.1 Å². The fourth-order valence-electron chi connectivity index (χ4n) is 4.37. The Hall–Kier alpha value is -1.16. The van der Waals surface area contributed by atoms with Crippen molar-refractivity contribution in [2.75, 3.05) is 11.9 Å². The van der Waals surface area contributed by atoms with Crippen LogP contribution in [0.5, 0.6) is 0 Å². The second-order valence-electron chi connectivity index (χ2n) is 6.80. The second kappa shape index (κ2) is 5.56. The second-order valence-corrected chi connectivity index (χ2v) is 6.80. The zero-order chi connectivity index (χ0) is 14.2. The van der Waals surface area contributed by atoms with Crippen molar-refractivity contribution in [3.63, 3.8) is 0 Å². The van der Waals surface area contributed by atoms with Gasteiger partial charge in [0.1, 0.15) is 11.6 Å². The molecule has 1 saturated heterocycles. The lowest BCUT2D eigenvalue weighted by atomic mass is 9.81. The van der Waals surface area contributed by atoms with Gasteiger partial charge in [-0.05, 0) is 58.3 Å². The van der Waals surface area contributed by atoms with Gasteiger partial charge in [-0.15, -0.1) is 0 Å². The van der Waals surface area contributed by atoms with Gasteiger partial charge in [0.2, 0.25) is 0 Å². The molecule has 114 valence electrons. The highest BCUT2D eigenvalue weighted by molar-refractivity contribution is 5.48. The lowest BCUT2D eigenvalue weighted by Gasteiger charge is -2.34. The smallest absolute Gasteiger partial charge is 0.133 e. The summed E-state index contributed by atoms with van der Waals surface area (Å²) in [7, 11) is 0. The minimum atomic E-state index is 0.481. The maximum atomic E-state index is 5.89. The molecule has 0 aromatic carbocycles. The minimum absolute atomic E-state index is 0.481. The maximum Gasteiger partial charge on any atom is 0.133 e. The van der Waals surface area contributed by atoms with Crippen molar-refractivity contribution in [3.8, 4) is 0 Å². The number of aryl methyl sites for hydroxylation is 2. The minimum Gasteiger partial charge on any atom is -0.378 e. The maximum absolute atomic E-state index is 5.89. The van der Waals surface area contributed by atoms with Crippen molar-refractivity contribution in [1.82, 2.24) is 9.97 Å². The van der Waals surface area contributed by atoms with Gasteiger partial charge in [-0.3, -0.25) is 0 Å². The van der Waals surface area contributed by atoms with E-state index in [1.165, 1.54) is 49.8 Å². The van der Waals surface area contributed by atoms with Gasteiger partial charge < -0.3 is 10.1 Å². The van der Waals surface area contributed by atoms with Crippen molar-refractivity contribution in [2.45, 2.75) is 70.4 Å². The van der Waals surface area contributed by atoms with Crippen LogP contribution in [0.4, 0.5) is 5.82 Å². The van der Waals surface area contributed by atoms with Gasteiger partial charge in [-0.25, -0.2) is 9.97 Å². The van der Waals surface area contributed by atoms with Crippen LogP contribution in [0.25, 0.3) is 0 Å². The molecule has 3 aliphatic rings. The molecule has 1 saturated carbocycles. The summed E-state index contributed by atoms with van der Waals surface area (Å²) < 4.78 is 5.89. The van der Waals surface area contributed by atoms with Crippen LogP contribution in [0.1, 0.15) is 55.6 Å². The Balaban J connectivity index is 1.60. The summed E-state index contributed by atoms with van der Waals surface area (Å²) >= 11 is 0. The zero-order valence-electron chi connectivity index (χ0n) is 12.9. The van der Waals surface area contributed by atoms with Crippen molar-refractivity contribution in [2.24, 2.45) is 5.92 Å². The van der Waals surface area contributed by atoms with Crippen LogP contribution in [-0.2, 0) is 17.6 Å². The first-order valence-corrected chi connectivity index (χ1v) is 8.56. The fraction of sp³-hybridized carbons (Fsp3) is 0.765. The van der Waals surface area contributed by atoms with E-state index in [2.05, 4.69) is 10.3 Å². The molecule has 0 bridgehead atoms. The predicted octanol–water partition coefficient (Wildman–Crippen LogP) is 3.03. The first kappa shape index (κ1) is 13.5. The van der Waals surface area contributed by atoms with E-state index in [0.717, 1.165) is 31.1 Å². The van der Waals surface area contributed by atoms with Crippen LogP contribution in [0.15, 0.2) is 0 Å². The number of anilines is 1. The third-order valence-corrected chi connectivity index (χ3v) is 5.40. The molecule has 1 aromatic heterocycles. The molecule has 4 rings (SSSR count). The summed E-state index contributed by atoms with van der Waals surface area (Å²) in [5, 5.41) is 3.79. The molecule has 21 heavy (non-hydrogen) atoms. The molecule has 0 amide bonds. The summed E-state index contributed by atoms with van der Waals surface area (Å²) in [5.41, 5.74) is 2.67. The lowest BCUT2D eigenvalue weighted by molar-refractivity contribution is 0.0619. The molecule has 2 aliphatic carbocycles.